The highest BCUT2D eigenvalue weighted by Crippen LogP contribution is 2.49. The fourth-order valence-electron chi connectivity index (χ4n) is 3.21. The molecule has 1 aromatic carbocycles. The number of thioether (sulfide) groups is 1. The van der Waals surface area contributed by atoms with Crippen LogP contribution in [-0.2, 0) is 5.54 Å². The van der Waals surface area contributed by atoms with Crippen LogP contribution < -0.4 is 5.73 Å². The molecule has 0 radical (unpaired) electrons. The summed E-state index contributed by atoms with van der Waals surface area (Å²) in [5, 5.41) is 0.758. The lowest BCUT2D eigenvalue weighted by molar-refractivity contribution is 0.212. The van der Waals surface area contributed by atoms with Gasteiger partial charge in [-0.25, -0.2) is 0 Å². The highest BCUT2D eigenvalue weighted by atomic mass is 79.9. The van der Waals surface area contributed by atoms with E-state index in [2.05, 4.69) is 40.2 Å². The number of hydrogen-bond acceptors (Lipinski definition) is 3. The second kappa shape index (κ2) is 4.89. The van der Waals surface area contributed by atoms with E-state index in [9.17, 15) is 0 Å². The third-order valence-electron chi connectivity index (χ3n) is 4.10. The summed E-state index contributed by atoms with van der Waals surface area (Å²) in [5.74, 6) is 1.75. The van der Waals surface area contributed by atoms with Crippen molar-refractivity contribution in [2.24, 2.45) is 16.6 Å². The van der Waals surface area contributed by atoms with Gasteiger partial charge in [-0.15, -0.1) is 0 Å². The summed E-state index contributed by atoms with van der Waals surface area (Å²) in [6, 6.07) is 8.59. The zero-order valence-corrected chi connectivity index (χ0v) is 12.6. The van der Waals surface area contributed by atoms with Crippen molar-refractivity contribution < 1.29 is 0 Å². The molecule has 0 spiro atoms. The number of rotatable bonds is 1. The first-order chi connectivity index (χ1) is 8.71. The van der Waals surface area contributed by atoms with Crippen LogP contribution in [0.5, 0.6) is 0 Å². The van der Waals surface area contributed by atoms with Gasteiger partial charge in [0, 0.05) is 10.2 Å². The van der Waals surface area contributed by atoms with Crippen LogP contribution in [-0.4, -0.2) is 10.9 Å². The quantitative estimate of drug-likeness (QED) is 0.850. The van der Waals surface area contributed by atoms with Gasteiger partial charge in [0.1, 0.15) is 0 Å². The van der Waals surface area contributed by atoms with Crippen LogP contribution >= 0.6 is 27.7 Å². The van der Waals surface area contributed by atoms with Gasteiger partial charge in [-0.2, -0.15) is 0 Å². The third-order valence-corrected chi connectivity index (χ3v) is 5.55. The van der Waals surface area contributed by atoms with E-state index < -0.39 is 0 Å². The Labute approximate surface area is 121 Å². The van der Waals surface area contributed by atoms with Crippen molar-refractivity contribution in [1.82, 2.24) is 0 Å². The van der Waals surface area contributed by atoms with Gasteiger partial charge in [0.15, 0.2) is 5.17 Å². The molecule has 1 aliphatic carbocycles. The lowest BCUT2D eigenvalue weighted by atomic mass is 9.70. The summed E-state index contributed by atoms with van der Waals surface area (Å²) in [6.45, 7) is 0. The van der Waals surface area contributed by atoms with E-state index in [-0.39, 0.29) is 5.54 Å². The van der Waals surface area contributed by atoms with Crippen LogP contribution in [0.15, 0.2) is 33.7 Å². The predicted octanol–water partition coefficient (Wildman–Crippen LogP) is 3.90. The Kier molecular flexibility index (Phi) is 3.41. The number of nitrogens with zero attached hydrogens (tertiary/aromatic N) is 1. The van der Waals surface area contributed by atoms with Gasteiger partial charge in [-0.05, 0) is 36.5 Å². The average molecular weight is 325 g/mol. The van der Waals surface area contributed by atoms with Gasteiger partial charge in [0.2, 0.25) is 0 Å². The molecule has 1 aromatic rings. The molecular weight excluding hydrogens is 308 g/mol. The molecule has 3 rings (SSSR count). The molecule has 1 aliphatic heterocycles. The maximum Gasteiger partial charge on any atom is 0.154 e. The minimum atomic E-state index is -0.0582. The fourth-order valence-corrected chi connectivity index (χ4v) is 4.65. The van der Waals surface area contributed by atoms with E-state index >= 15 is 0 Å². The van der Waals surface area contributed by atoms with Crippen LogP contribution in [0.1, 0.15) is 31.2 Å². The van der Waals surface area contributed by atoms with E-state index in [1.54, 1.807) is 11.8 Å². The number of halogens is 1. The first kappa shape index (κ1) is 12.5. The van der Waals surface area contributed by atoms with Crippen LogP contribution in [0.3, 0.4) is 0 Å². The predicted molar refractivity (Wildman–Crippen MR) is 81.9 cm³/mol. The normalized spacial score (nSPS) is 31.6. The molecule has 0 aromatic heterocycles. The van der Waals surface area contributed by atoms with Crippen LogP contribution in [0.25, 0.3) is 0 Å². The zero-order chi connectivity index (χ0) is 12.6. The molecule has 0 saturated heterocycles. The van der Waals surface area contributed by atoms with Crippen molar-refractivity contribution >= 4 is 32.9 Å². The van der Waals surface area contributed by atoms with E-state index in [1.165, 1.54) is 24.8 Å². The second-order valence-corrected chi connectivity index (χ2v) is 7.09. The zero-order valence-electron chi connectivity index (χ0n) is 10.2. The third kappa shape index (κ3) is 2.10. The summed E-state index contributed by atoms with van der Waals surface area (Å²) in [6.07, 6.45) is 4.99. The largest absolute Gasteiger partial charge is 0.379 e. The lowest BCUT2D eigenvalue weighted by Crippen LogP contribution is -2.42. The molecular formula is C14H17BrN2S. The Morgan fingerprint density at radius 1 is 1.39 bits per heavy atom. The monoisotopic (exact) mass is 324 g/mol. The second-order valence-electron chi connectivity index (χ2n) is 5.14. The minimum absolute atomic E-state index is 0.0582. The van der Waals surface area contributed by atoms with Crippen molar-refractivity contribution in [1.29, 1.82) is 0 Å². The number of benzene rings is 1. The summed E-state index contributed by atoms with van der Waals surface area (Å²) < 4.78 is 1.13. The Balaban J connectivity index is 2.10. The summed E-state index contributed by atoms with van der Waals surface area (Å²) >= 11 is 5.29. The van der Waals surface area contributed by atoms with Crippen molar-refractivity contribution in [3.05, 3.63) is 34.3 Å². The topological polar surface area (TPSA) is 38.4 Å². The molecule has 2 unspecified atom stereocenters. The van der Waals surface area contributed by atoms with Crippen LogP contribution in [0.4, 0.5) is 0 Å². The minimum Gasteiger partial charge on any atom is -0.379 e. The Morgan fingerprint density at radius 3 is 3.11 bits per heavy atom. The van der Waals surface area contributed by atoms with Gasteiger partial charge in [0.05, 0.1) is 5.54 Å². The van der Waals surface area contributed by atoms with Crippen molar-refractivity contribution in [2.75, 3.05) is 5.75 Å². The molecule has 2 nitrogen and oxygen atoms in total. The molecule has 2 atom stereocenters. The van der Waals surface area contributed by atoms with Crippen LogP contribution in [0.2, 0.25) is 0 Å². The van der Waals surface area contributed by atoms with Crippen molar-refractivity contribution in [3.63, 3.8) is 0 Å². The van der Waals surface area contributed by atoms with Gasteiger partial charge < -0.3 is 5.73 Å². The highest BCUT2D eigenvalue weighted by Gasteiger charge is 2.44. The first-order valence-electron chi connectivity index (χ1n) is 6.45. The van der Waals surface area contributed by atoms with E-state index in [4.69, 9.17) is 10.7 Å². The Hall–Kier alpha value is -0.480. The maximum atomic E-state index is 6.00. The summed E-state index contributed by atoms with van der Waals surface area (Å²) in [7, 11) is 0. The van der Waals surface area contributed by atoms with Crippen LogP contribution in [0, 0.1) is 5.92 Å². The molecule has 0 amide bonds. The smallest absolute Gasteiger partial charge is 0.154 e. The number of hydrogen-bond donors (Lipinski definition) is 1. The van der Waals surface area contributed by atoms with Crippen molar-refractivity contribution in [2.45, 2.75) is 31.2 Å². The summed E-state index contributed by atoms with van der Waals surface area (Å²) in [5.41, 5.74) is 7.27. The van der Waals surface area contributed by atoms with Gasteiger partial charge in [-0.3, -0.25) is 4.99 Å². The number of nitrogens with two attached hydrogens (primary N) is 1. The Morgan fingerprint density at radius 2 is 2.28 bits per heavy atom. The Bertz CT molecular complexity index is 488. The average Bonchev–Trinajstić information content (AvgIpc) is 2.38. The molecule has 18 heavy (non-hydrogen) atoms. The van der Waals surface area contributed by atoms with Gasteiger partial charge in [0.25, 0.3) is 0 Å². The maximum absolute atomic E-state index is 6.00. The van der Waals surface area contributed by atoms with E-state index in [0.717, 1.165) is 21.8 Å². The molecule has 0 bridgehead atoms. The molecule has 1 heterocycles. The first-order valence-corrected chi connectivity index (χ1v) is 8.23. The molecule has 96 valence electrons. The lowest BCUT2D eigenvalue weighted by Gasteiger charge is -2.44. The van der Waals surface area contributed by atoms with Crippen molar-refractivity contribution in [3.8, 4) is 0 Å². The van der Waals surface area contributed by atoms with E-state index in [0.29, 0.717) is 5.92 Å². The van der Waals surface area contributed by atoms with E-state index in [1.807, 2.05) is 0 Å². The molecule has 2 aliphatic rings. The van der Waals surface area contributed by atoms with Gasteiger partial charge >= 0.3 is 0 Å². The number of amidine groups is 1. The molecule has 1 saturated carbocycles. The molecule has 1 fully saturated rings. The summed E-state index contributed by atoms with van der Waals surface area (Å²) in [4.78, 5) is 4.88. The molecule has 2 N–H and O–H groups in total. The molecule has 4 heteroatoms. The standard InChI is InChI=1S/C14H17BrN2S/c15-12-6-3-5-10(8-12)14-7-2-1-4-11(14)9-18-13(16)17-14/h3,5-6,8,11H,1-2,4,7,9H2,(H2,16,17). The SMILES string of the molecule is NC1=NC2(c3cccc(Br)c3)CCCCC2CS1. The fraction of sp³-hybridized carbons (Fsp3) is 0.500. The number of aliphatic imine (C=N–C) groups is 1. The number of fused-ring (bicyclic) bond motifs is 1. The van der Waals surface area contributed by atoms with Gasteiger partial charge in [-0.1, -0.05) is 52.7 Å². The highest BCUT2D eigenvalue weighted by molar-refractivity contribution is 9.10.